The van der Waals surface area contributed by atoms with Crippen LogP contribution in [0.1, 0.15) is 35.7 Å². The summed E-state index contributed by atoms with van der Waals surface area (Å²) in [5, 5.41) is 5.66. The maximum atomic E-state index is 12.7. The van der Waals surface area contributed by atoms with Crippen LogP contribution in [0.3, 0.4) is 0 Å². The van der Waals surface area contributed by atoms with Crippen LogP contribution in [-0.4, -0.2) is 36.3 Å². The van der Waals surface area contributed by atoms with E-state index in [0.29, 0.717) is 12.1 Å². The molecule has 2 unspecified atom stereocenters. The van der Waals surface area contributed by atoms with Crippen molar-refractivity contribution in [2.24, 2.45) is 0 Å². The van der Waals surface area contributed by atoms with Crippen molar-refractivity contribution in [3.8, 4) is 0 Å². The van der Waals surface area contributed by atoms with Gasteiger partial charge in [0, 0.05) is 23.8 Å². The van der Waals surface area contributed by atoms with Gasteiger partial charge in [-0.1, -0.05) is 42.5 Å². The summed E-state index contributed by atoms with van der Waals surface area (Å²) in [5.41, 5.74) is 1.61. The number of hydrogen-bond donors (Lipinski definition) is 2. The average molecular weight is 399 g/mol. The molecule has 1 aliphatic rings. The SMILES string of the molecule is CC(NC(=O)c1ccccc1SCC1CCCO1)C(=O)NCc1ccccc1. The molecule has 6 heteroatoms. The molecule has 1 heterocycles. The lowest BCUT2D eigenvalue weighted by atomic mass is 10.2. The number of hydrogen-bond acceptors (Lipinski definition) is 4. The van der Waals surface area contributed by atoms with E-state index in [-0.39, 0.29) is 17.9 Å². The highest BCUT2D eigenvalue weighted by atomic mass is 32.2. The molecular weight excluding hydrogens is 372 g/mol. The third kappa shape index (κ3) is 5.84. The number of rotatable bonds is 8. The van der Waals surface area contributed by atoms with Crippen molar-refractivity contribution in [3.05, 3.63) is 65.7 Å². The van der Waals surface area contributed by atoms with Gasteiger partial charge in [-0.3, -0.25) is 9.59 Å². The van der Waals surface area contributed by atoms with E-state index in [1.165, 1.54) is 0 Å². The molecule has 2 amide bonds. The molecule has 1 aliphatic heterocycles. The number of carbonyl (C=O) groups is 2. The lowest BCUT2D eigenvalue weighted by Gasteiger charge is -2.16. The summed E-state index contributed by atoms with van der Waals surface area (Å²) < 4.78 is 5.66. The molecule has 5 nitrogen and oxygen atoms in total. The lowest BCUT2D eigenvalue weighted by Crippen LogP contribution is -2.44. The molecule has 28 heavy (non-hydrogen) atoms. The molecule has 0 aliphatic carbocycles. The van der Waals surface area contributed by atoms with Crippen molar-refractivity contribution in [2.75, 3.05) is 12.4 Å². The Bertz CT molecular complexity index is 791. The van der Waals surface area contributed by atoms with Crippen molar-refractivity contribution in [1.82, 2.24) is 10.6 Å². The van der Waals surface area contributed by atoms with Gasteiger partial charge in [0.1, 0.15) is 6.04 Å². The minimum absolute atomic E-state index is 0.207. The molecule has 2 aromatic rings. The number of amides is 2. The molecule has 0 radical (unpaired) electrons. The molecule has 148 valence electrons. The van der Waals surface area contributed by atoms with Crippen LogP contribution in [0.15, 0.2) is 59.5 Å². The van der Waals surface area contributed by atoms with E-state index >= 15 is 0 Å². The van der Waals surface area contributed by atoms with E-state index < -0.39 is 6.04 Å². The zero-order valence-corrected chi connectivity index (χ0v) is 16.8. The van der Waals surface area contributed by atoms with E-state index in [2.05, 4.69) is 10.6 Å². The van der Waals surface area contributed by atoms with Crippen LogP contribution in [0, 0.1) is 0 Å². The van der Waals surface area contributed by atoms with Crippen LogP contribution in [0.2, 0.25) is 0 Å². The van der Waals surface area contributed by atoms with E-state index in [0.717, 1.165) is 35.7 Å². The Balaban J connectivity index is 1.53. The third-order valence-electron chi connectivity index (χ3n) is 4.63. The Morgan fingerprint density at radius 3 is 2.64 bits per heavy atom. The molecular formula is C22H26N2O3S. The van der Waals surface area contributed by atoms with Crippen LogP contribution >= 0.6 is 11.8 Å². The smallest absolute Gasteiger partial charge is 0.253 e. The van der Waals surface area contributed by atoms with Gasteiger partial charge < -0.3 is 15.4 Å². The van der Waals surface area contributed by atoms with Crippen molar-refractivity contribution in [1.29, 1.82) is 0 Å². The van der Waals surface area contributed by atoms with Gasteiger partial charge in [0.2, 0.25) is 5.91 Å². The quantitative estimate of drug-likeness (QED) is 0.669. The second kappa shape index (κ2) is 10.3. The summed E-state index contributed by atoms with van der Waals surface area (Å²) in [4.78, 5) is 25.9. The molecule has 3 rings (SSSR count). The zero-order chi connectivity index (χ0) is 19.8. The second-order valence-corrected chi connectivity index (χ2v) is 7.90. The number of benzene rings is 2. The summed E-state index contributed by atoms with van der Waals surface area (Å²) >= 11 is 1.63. The van der Waals surface area contributed by atoms with Crippen molar-refractivity contribution < 1.29 is 14.3 Å². The van der Waals surface area contributed by atoms with Gasteiger partial charge in [0.05, 0.1) is 11.7 Å². The summed E-state index contributed by atoms with van der Waals surface area (Å²) in [7, 11) is 0. The Hall–Kier alpha value is -2.31. The Labute approximate surface area is 170 Å². The summed E-state index contributed by atoms with van der Waals surface area (Å²) in [6.07, 6.45) is 2.42. The molecule has 1 fully saturated rings. The fourth-order valence-electron chi connectivity index (χ4n) is 3.02. The third-order valence-corrected chi connectivity index (χ3v) is 5.84. The normalized spacial score (nSPS) is 17.1. The number of ether oxygens (including phenoxy) is 1. The molecule has 0 bridgehead atoms. The average Bonchev–Trinajstić information content (AvgIpc) is 3.25. The highest BCUT2D eigenvalue weighted by Gasteiger charge is 2.20. The lowest BCUT2D eigenvalue weighted by molar-refractivity contribution is -0.122. The monoisotopic (exact) mass is 398 g/mol. The number of thioether (sulfide) groups is 1. The van der Waals surface area contributed by atoms with Gasteiger partial charge in [0.15, 0.2) is 0 Å². The maximum absolute atomic E-state index is 12.7. The van der Waals surface area contributed by atoms with Gasteiger partial charge >= 0.3 is 0 Å². The zero-order valence-electron chi connectivity index (χ0n) is 16.0. The fourth-order valence-corrected chi connectivity index (χ4v) is 4.14. The van der Waals surface area contributed by atoms with Crippen LogP contribution in [0.25, 0.3) is 0 Å². The van der Waals surface area contributed by atoms with Gasteiger partial charge in [-0.25, -0.2) is 0 Å². The molecule has 0 saturated carbocycles. The Morgan fingerprint density at radius 2 is 1.89 bits per heavy atom. The van der Waals surface area contributed by atoms with E-state index in [1.807, 2.05) is 48.5 Å². The van der Waals surface area contributed by atoms with Gasteiger partial charge in [0.25, 0.3) is 5.91 Å². The summed E-state index contributed by atoms with van der Waals surface area (Å²) in [5.74, 6) is 0.386. The number of nitrogens with one attached hydrogen (secondary N) is 2. The van der Waals surface area contributed by atoms with Crippen LogP contribution in [0.4, 0.5) is 0 Å². The summed E-state index contributed by atoms with van der Waals surface area (Å²) in [6.45, 7) is 2.96. The maximum Gasteiger partial charge on any atom is 0.253 e. The molecule has 2 N–H and O–H groups in total. The second-order valence-electron chi connectivity index (χ2n) is 6.84. The summed E-state index contributed by atoms with van der Waals surface area (Å²) in [6, 6.07) is 16.6. The molecule has 1 saturated heterocycles. The van der Waals surface area contributed by atoms with E-state index in [1.54, 1.807) is 24.8 Å². The van der Waals surface area contributed by atoms with Crippen molar-refractivity contribution in [3.63, 3.8) is 0 Å². The first kappa shape index (κ1) is 20.4. The molecule has 0 spiro atoms. The standard InChI is InChI=1S/C22H26N2O3S/c1-16(21(25)23-14-17-8-3-2-4-9-17)24-22(26)19-11-5-6-12-20(19)28-15-18-10-7-13-27-18/h2-6,8-9,11-12,16,18H,7,10,13-15H2,1H3,(H,23,25)(H,24,26). The first-order valence-electron chi connectivity index (χ1n) is 9.59. The van der Waals surface area contributed by atoms with Crippen LogP contribution in [0.5, 0.6) is 0 Å². The fraction of sp³-hybridized carbons (Fsp3) is 0.364. The first-order valence-corrected chi connectivity index (χ1v) is 10.6. The molecule has 2 aromatic carbocycles. The number of carbonyl (C=O) groups excluding carboxylic acids is 2. The highest BCUT2D eigenvalue weighted by molar-refractivity contribution is 7.99. The predicted octanol–water partition coefficient (Wildman–Crippen LogP) is 3.39. The van der Waals surface area contributed by atoms with Gasteiger partial charge in [-0.05, 0) is 37.5 Å². The van der Waals surface area contributed by atoms with E-state index in [9.17, 15) is 9.59 Å². The highest BCUT2D eigenvalue weighted by Crippen LogP contribution is 2.26. The minimum Gasteiger partial charge on any atom is -0.377 e. The van der Waals surface area contributed by atoms with Gasteiger partial charge in [-0.15, -0.1) is 11.8 Å². The predicted molar refractivity (Wildman–Crippen MR) is 111 cm³/mol. The van der Waals surface area contributed by atoms with Gasteiger partial charge in [-0.2, -0.15) is 0 Å². The molecule has 2 atom stereocenters. The minimum atomic E-state index is -0.618. The van der Waals surface area contributed by atoms with Crippen molar-refractivity contribution in [2.45, 2.75) is 43.4 Å². The van der Waals surface area contributed by atoms with Crippen LogP contribution < -0.4 is 10.6 Å². The topological polar surface area (TPSA) is 67.4 Å². The first-order chi connectivity index (χ1) is 13.6. The van der Waals surface area contributed by atoms with Crippen molar-refractivity contribution >= 4 is 23.6 Å². The van der Waals surface area contributed by atoms with Crippen LogP contribution in [-0.2, 0) is 16.1 Å². The largest absolute Gasteiger partial charge is 0.377 e. The van der Waals surface area contributed by atoms with E-state index in [4.69, 9.17) is 4.74 Å². The Morgan fingerprint density at radius 1 is 1.14 bits per heavy atom. The molecule has 0 aromatic heterocycles. The Kier molecular flexibility index (Phi) is 7.51.